The topological polar surface area (TPSA) is 61.8 Å². The Morgan fingerprint density at radius 1 is 1.32 bits per heavy atom. The SMILES string of the molecule is O=C(CCOc1ccccc1)NCCN1CCCC[C@H]1CO. The Bertz CT molecular complexity index is 439. The van der Waals surface area contributed by atoms with Gasteiger partial charge in [-0.25, -0.2) is 0 Å². The van der Waals surface area contributed by atoms with Gasteiger partial charge in [-0.2, -0.15) is 0 Å². The van der Waals surface area contributed by atoms with Gasteiger partial charge in [-0.1, -0.05) is 24.6 Å². The third-order valence-electron chi connectivity index (χ3n) is 4.02. The van der Waals surface area contributed by atoms with Crippen molar-refractivity contribution in [2.24, 2.45) is 0 Å². The molecule has 1 fully saturated rings. The Labute approximate surface area is 132 Å². The van der Waals surface area contributed by atoms with Crippen LogP contribution in [0.2, 0.25) is 0 Å². The monoisotopic (exact) mass is 306 g/mol. The van der Waals surface area contributed by atoms with Gasteiger partial charge in [-0.15, -0.1) is 0 Å². The summed E-state index contributed by atoms with van der Waals surface area (Å²) in [5, 5.41) is 12.3. The molecule has 1 saturated heterocycles. The van der Waals surface area contributed by atoms with E-state index in [0.29, 0.717) is 19.6 Å². The summed E-state index contributed by atoms with van der Waals surface area (Å²) in [6.45, 7) is 3.03. The number of ether oxygens (including phenoxy) is 1. The number of para-hydroxylation sites is 1. The van der Waals surface area contributed by atoms with Gasteiger partial charge in [-0.05, 0) is 31.5 Å². The quantitative estimate of drug-likeness (QED) is 0.762. The molecule has 0 saturated carbocycles. The van der Waals surface area contributed by atoms with Gasteiger partial charge >= 0.3 is 0 Å². The van der Waals surface area contributed by atoms with Gasteiger partial charge in [0.05, 0.1) is 19.6 Å². The lowest BCUT2D eigenvalue weighted by atomic mass is 10.0. The first-order valence-corrected chi connectivity index (χ1v) is 8.09. The number of likely N-dealkylation sites (tertiary alicyclic amines) is 1. The standard InChI is InChI=1S/C17H26N2O3/c20-14-15-6-4-5-11-19(15)12-10-18-17(21)9-13-22-16-7-2-1-3-8-16/h1-3,7-8,15,20H,4-6,9-14H2,(H,18,21)/t15-/m0/s1. The molecule has 0 aliphatic carbocycles. The molecule has 22 heavy (non-hydrogen) atoms. The van der Waals surface area contributed by atoms with Crippen molar-refractivity contribution in [3.63, 3.8) is 0 Å². The maximum absolute atomic E-state index is 11.8. The van der Waals surface area contributed by atoms with E-state index in [1.54, 1.807) is 0 Å². The second-order valence-corrected chi connectivity index (χ2v) is 5.63. The van der Waals surface area contributed by atoms with Crippen LogP contribution in [0.25, 0.3) is 0 Å². The molecule has 1 heterocycles. The molecule has 0 radical (unpaired) electrons. The van der Waals surface area contributed by atoms with E-state index in [0.717, 1.165) is 25.3 Å². The number of carbonyl (C=O) groups is 1. The van der Waals surface area contributed by atoms with Crippen molar-refractivity contribution in [1.82, 2.24) is 10.2 Å². The molecule has 0 bridgehead atoms. The van der Waals surface area contributed by atoms with Crippen LogP contribution in [0.4, 0.5) is 0 Å². The number of amides is 1. The van der Waals surface area contributed by atoms with Crippen molar-refractivity contribution < 1.29 is 14.6 Å². The molecular formula is C17H26N2O3. The highest BCUT2D eigenvalue weighted by molar-refractivity contribution is 5.75. The molecule has 0 aromatic heterocycles. The Kier molecular flexibility index (Phi) is 7.19. The Balaban J connectivity index is 1.57. The minimum absolute atomic E-state index is 0.00786. The number of rotatable bonds is 8. The lowest BCUT2D eigenvalue weighted by molar-refractivity contribution is -0.121. The van der Waals surface area contributed by atoms with E-state index in [9.17, 15) is 9.90 Å². The number of hydrogen-bond acceptors (Lipinski definition) is 4. The lowest BCUT2D eigenvalue weighted by Gasteiger charge is -2.34. The second kappa shape index (κ2) is 9.43. The molecule has 5 nitrogen and oxygen atoms in total. The highest BCUT2D eigenvalue weighted by atomic mass is 16.5. The van der Waals surface area contributed by atoms with Crippen molar-refractivity contribution in [1.29, 1.82) is 0 Å². The van der Waals surface area contributed by atoms with Crippen LogP contribution in [0.3, 0.4) is 0 Å². The van der Waals surface area contributed by atoms with Crippen LogP contribution in [0, 0.1) is 0 Å². The molecule has 5 heteroatoms. The van der Waals surface area contributed by atoms with Crippen molar-refractivity contribution in [3.05, 3.63) is 30.3 Å². The summed E-state index contributed by atoms with van der Waals surface area (Å²) >= 11 is 0. The van der Waals surface area contributed by atoms with Crippen LogP contribution in [-0.4, -0.2) is 54.8 Å². The fraction of sp³-hybridized carbons (Fsp3) is 0.588. The van der Waals surface area contributed by atoms with Gasteiger partial charge in [0, 0.05) is 19.1 Å². The number of carbonyl (C=O) groups excluding carboxylic acids is 1. The summed E-state index contributed by atoms with van der Waals surface area (Å²) in [4.78, 5) is 14.0. The fourth-order valence-corrected chi connectivity index (χ4v) is 2.77. The molecule has 1 aliphatic heterocycles. The Hall–Kier alpha value is -1.59. The molecule has 122 valence electrons. The van der Waals surface area contributed by atoms with Crippen LogP contribution in [0.15, 0.2) is 30.3 Å². The van der Waals surface area contributed by atoms with E-state index >= 15 is 0 Å². The normalized spacial score (nSPS) is 18.9. The first-order chi connectivity index (χ1) is 10.8. The Morgan fingerprint density at radius 3 is 2.91 bits per heavy atom. The van der Waals surface area contributed by atoms with E-state index in [2.05, 4.69) is 10.2 Å². The van der Waals surface area contributed by atoms with E-state index in [1.165, 1.54) is 12.8 Å². The summed E-state index contributed by atoms with van der Waals surface area (Å²) < 4.78 is 5.50. The van der Waals surface area contributed by atoms with Gasteiger partial charge in [0.2, 0.25) is 5.91 Å². The molecule has 1 aromatic carbocycles. The number of aliphatic hydroxyl groups excluding tert-OH is 1. The minimum Gasteiger partial charge on any atom is -0.493 e. The van der Waals surface area contributed by atoms with Gasteiger partial charge in [-0.3, -0.25) is 9.69 Å². The number of nitrogens with one attached hydrogen (secondary N) is 1. The van der Waals surface area contributed by atoms with Crippen LogP contribution < -0.4 is 10.1 Å². The summed E-state index contributed by atoms with van der Waals surface area (Å²) in [6.07, 6.45) is 3.77. The largest absolute Gasteiger partial charge is 0.493 e. The van der Waals surface area contributed by atoms with Crippen molar-refractivity contribution in [3.8, 4) is 5.75 Å². The zero-order valence-electron chi connectivity index (χ0n) is 13.0. The summed E-state index contributed by atoms with van der Waals surface area (Å²) in [5.41, 5.74) is 0. The predicted octanol–water partition coefficient (Wildman–Crippen LogP) is 1.42. The van der Waals surface area contributed by atoms with Crippen molar-refractivity contribution >= 4 is 5.91 Å². The molecule has 1 aliphatic rings. The fourth-order valence-electron chi connectivity index (χ4n) is 2.77. The highest BCUT2D eigenvalue weighted by Gasteiger charge is 2.20. The zero-order valence-corrected chi connectivity index (χ0v) is 13.0. The number of nitrogens with zero attached hydrogens (tertiary/aromatic N) is 1. The van der Waals surface area contributed by atoms with Gasteiger partial charge in [0.1, 0.15) is 5.75 Å². The molecule has 1 amide bonds. The number of benzene rings is 1. The molecule has 2 rings (SSSR count). The molecular weight excluding hydrogens is 280 g/mol. The third-order valence-corrected chi connectivity index (χ3v) is 4.02. The van der Waals surface area contributed by atoms with Gasteiger partial charge in [0.25, 0.3) is 0 Å². The number of hydrogen-bond donors (Lipinski definition) is 2. The second-order valence-electron chi connectivity index (χ2n) is 5.63. The zero-order chi connectivity index (χ0) is 15.6. The highest BCUT2D eigenvalue weighted by Crippen LogP contribution is 2.15. The van der Waals surface area contributed by atoms with Crippen LogP contribution in [0.5, 0.6) is 5.75 Å². The van der Waals surface area contributed by atoms with E-state index in [1.807, 2.05) is 30.3 Å². The smallest absolute Gasteiger partial charge is 0.223 e. The Morgan fingerprint density at radius 2 is 2.14 bits per heavy atom. The molecule has 1 atom stereocenters. The average molecular weight is 306 g/mol. The van der Waals surface area contributed by atoms with Crippen LogP contribution >= 0.6 is 0 Å². The summed E-state index contributed by atoms with van der Waals surface area (Å²) in [7, 11) is 0. The van der Waals surface area contributed by atoms with Gasteiger partial charge < -0.3 is 15.2 Å². The van der Waals surface area contributed by atoms with E-state index in [-0.39, 0.29) is 18.6 Å². The van der Waals surface area contributed by atoms with Gasteiger partial charge in [0.15, 0.2) is 0 Å². The first kappa shape index (κ1) is 16.8. The number of aliphatic hydroxyl groups is 1. The first-order valence-electron chi connectivity index (χ1n) is 8.09. The molecule has 0 spiro atoms. The van der Waals surface area contributed by atoms with E-state index < -0.39 is 0 Å². The summed E-state index contributed by atoms with van der Waals surface area (Å²) in [6, 6.07) is 9.76. The van der Waals surface area contributed by atoms with Crippen LogP contribution in [-0.2, 0) is 4.79 Å². The maximum Gasteiger partial charge on any atom is 0.223 e. The van der Waals surface area contributed by atoms with E-state index in [4.69, 9.17) is 4.74 Å². The van der Waals surface area contributed by atoms with Crippen molar-refractivity contribution in [2.45, 2.75) is 31.7 Å². The third kappa shape index (κ3) is 5.66. The minimum atomic E-state index is 0.00786. The van der Waals surface area contributed by atoms with Crippen molar-refractivity contribution in [2.75, 3.05) is 32.8 Å². The average Bonchev–Trinajstić information content (AvgIpc) is 2.56. The maximum atomic E-state index is 11.8. The molecule has 1 aromatic rings. The summed E-state index contributed by atoms with van der Waals surface area (Å²) in [5.74, 6) is 0.794. The predicted molar refractivity (Wildman–Crippen MR) is 85.9 cm³/mol. The number of piperidine rings is 1. The molecule has 0 unspecified atom stereocenters. The lowest BCUT2D eigenvalue weighted by Crippen LogP contribution is -2.45. The molecule has 2 N–H and O–H groups in total. The van der Waals surface area contributed by atoms with Crippen LogP contribution in [0.1, 0.15) is 25.7 Å².